The number of carbonyl (C=O) groups excluding carboxylic acids is 1. The molecule has 1 aliphatic rings. The lowest BCUT2D eigenvalue weighted by molar-refractivity contribution is -0.141. The Morgan fingerprint density at radius 2 is 2.47 bits per heavy atom. The molecule has 1 saturated carbocycles. The number of rotatable bonds is 5. The lowest BCUT2D eigenvalue weighted by Gasteiger charge is -2.30. The smallest absolute Gasteiger partial charge is 0.307 e. The summed E-state index contributed by atoms with van der Waals surface area (Å²) in [6.07, 6.45) is 4.77. The van der Waals surface area contributed by atoms with Crippen LogP contribution in [0.2, 0.25) is 0 Å². The zero-order valence-electron chi connectivity index (χ0n) is 11.3. The summed E-state index contributed by atoms with van der Waals surface area (Å²) < 4.78 is 4.79. The van der Waals surface area contributed by atoms with Crippen molar-refractivity contribution in [2.45, 2.75) is 50.2 Å². The molecule has 1 heterocycles. The van der Waals surface area contributed by atoms with Crippen LogP contribution in [0.4, 0.5) is 0 Å². The van der Waals surface area contributed by atoms with Gasteiger partial charge in [-0.1, -0.05) is 12.5 Å². The van der Waals surface area contributed by atoms with Crippen LogP contribution in [0.25, 0.3) is 0 Å². The van der Waals surface area contributed by atoms with Crippen molar-refractivity contribution in [3.8, 4) is 0 Å². The first-order chi connectivity index (χ1) is 9.19. The third-order valence-corrected chi connectivity index (χ3v) is 4.62. The highest BCUT2D eigenvalue weighted by Gasteiger charge is 2.24. The van der Waals surface area contributed by atoms with Crippen molar-refractivity contribution < 1.29 is 9.53 Å². The van der Waals surface area contributed by atoms with Crippen molar-refractivity contribution in [2.75, 3.05) is 7.11 Å². The van der Waals surface area contributed by atoms with Crippen molar-refractivity contribution in [1.29, 1.82) is 0 Å². The fourth-order valence-corrected chi connectivity index (χ4v) is 3.43. The molecular weight excluding hydrogens is 260 g/mol. The third kappa shape index (κ3) is 4.30. The first-order valence-corrected chi connectivity index (χ1v) is 7.69. The standard InChI is InChI=1S/C14H22N2O2S/c1-18-14(17)9-12(13-6-3-7-19-13)16-11-5-2-4-10(15)8-11/h3,6-7,10-12,16H,2,4-5,8-9,15H2,1H3. The van der Waals surface area contributed by atoms with Crippen LogP contribution in [0.1, 0.15) is 43.0 Å². The predicted octanol–water partition coefficient (Wildman–Crippen LogP) is 2.21. The van der Waals surface area contributed by atoms with E-state index in [1.165, 1.54) is 12.0 Å². The molecule has 1 fully saturated rings. The lowest BCUT2D eigenvalue weighted by atomic mass is 9.91. The minimum Gasteiger partial charge on any atom is -0.469 e. The SMILES string of the molecule is COC(=O)CC(NC1CCCC(N)C1)c1cccs1. The van der Waals surface area contributed by atoms with E-state index in [1.807, 2.05) is 11.4 Å². The van der Waals surface area contributed by atoms with Gasteiger partial charge in [0, 0.05) is 17.0 Å². The molecule has 3 unspecified atom stereocenters. The molecule has 0 amide bonds. The van der Waals surface area contributed by atoms with Crippen molar-refractivity contribution in [3.63, 3.8) is 0 Å². The molecule has 2 rings (SSSR count). The van der Waals surface area contributed by atoms with Crippen molar-refractivity contribution in [2.24, 2.45) is 5.73 Å². The molecule has 1 aliphatic carbocycles. The van der Waals surface area contributed by atoms with Gasteiger partial charge in [0.2, 0.25) is 0 Å². The normalized spacial score (nSPS) is 24.9. The minimum absolute atomic E-state index is 0.0442. The number of hydrogen-bond acceptors (Lipinski definition) is 5. The molecular formula is C14H22N2O2S. The molecule has 3 atom stereocenters. The number of carbonyl (C=O) groups is 1. The van der Waals surface area contributed by atoms with Gasteiger partial charge >= 0.3 is 5.97 Å². The Hall–Kier alpha value is -0.910. The highest BCUT2D eigenvalue weighted by Crippen LogP contribution is 2.26. The number of thiophene rings is 1. The van der Waals surface area contributed by atoms with Crippen LogP contribution in [0.3, 0.4) is 0 Å². The summed E-state index contributed by atoms with van der Waals surface area (Å²) in [4.78, 5) is 12.7. The lowest BCUT2D eigenvalue weighted by Crippen LogP contribution is -2.41. The number of nitrogens with one attached hydrogen (secondary N) is 1. The largest absolute Gasteiger partial charge is 0.469 e. The topological polar surface area (TPSA) is 64.3 Å². The summed E-state index contributed by atoms with van der Waals surface area (Å²) in [5, 5.41) is 5.62. The molecule has 3 N–H and O–H groups in total. The third-order valence-electron chi connectivity index (χ3n) is 3.64. The van der Waals surface area contributed by atoms with Gasteiger partial charge in [-0.3, -0.25) is 4.79 Å². The van der Waals surface area contributed by atoms with Gasteiger partial charge in [0.05, 0.1) is 19.6 Å². The van der Waals surface area contributed by atoms with Gasteiger partial charge in [-0.25, -0.2) is 0 Å². The van der Waals surface area contributed by atoms with Gasteiger partial charge in [0.25, 0.3) is 0 Å². The second kappa shape index (κ2) is 7.03. The first kappa shape index (κ1) is 14.5. The Morgan fingerprint density at radius 3 is 3.11 bits per heavy atom. The Bertz CT molecular complexity index is 394. The van der Waals surface area contributed by atoms with Gasteiger partial charge in [-0.2, -0.15) is 0 Å². The zero-order chi connectivity index (χ0) is 13.7. The molecule has 1 aromatic heterocycles. The van der Waals surface area contributed by atoms with E-state index in [4.69, 9.17) is 10.5 Å². The molecule has 0 radical (unpaired) electrons. The Labute approximate surface area is 118 Å². The summed E-state index contributed by atoms with van der Waals surface area (Å²) >= 11 is 1.67. The van der Waals surface area contributed by atoms with Crippen LogP contribution >= 0.6 is 11.3 Å². The van der Waals surface area contributed by atoms with E-state index in [9.17, 15) is 4.79 Å². The molecule has 1 aromatic rings. The fraction of sp³-hybridized carbons (Fsp3) is 0.643. The highest BCUT2D eigenvalue weighted by molar-refractivity contribution is 7.10. The maximum absolute atomic E-state index is 11.5. The fourth-order valence-electron chi connectivity index (χ4n) is 2.64. The van der Waals surface area contributed by atoms with Crippen molar-refractivity contribution in [3.05, 3.63) is 22.4 Å². The Morgan fingerprint density at radius 1 is 1.63 bits per heavy atom. The summed E-state index contributed by atoms with van der Waals surface area (Å²) in [5.41, 5.74) is 6.02. The van der Waals surface area contributed by atoms with E-state index in [0.717, 1.165) is 25.7 Å². The van der Waals surface area contributed by atoms with Crippen LogP contribution in [-0.4, -0.2) is 25.2 Å². The van der Waals surface area contributed by atoms with Crippen molar-refractivity contribution >= 4 is 17.3 Å². The maximum Gasteiger partial charge on any atom is 0.307 e. The summed E-state index contributed by atoms with van der Waals surface area (Å²) in [5.74, 6) is -0.175. The van der Waals surface area contributed by atoms with E-state index in [2.05, 4.69) is 11.4 Å². The average molecular weight is 282 g/mol. The molecule has 0 aromatic carbocycles. The van der Waals surface area contributed by atoms with Crippen LogP contribution in [-0.2, 0) is 9.53 Å². The molecule has 0 spiro atoms. The van der Waals surface area contributed by atoms with Crippen LogP contribution < -0.4 is 11.1 Å². The van der Waals surface area contributed by atoms with Crippen LogP contribution in [0.5, 0.6) is 0 Å². The van der Waals surface area contributed by atoms with Gasteiger partial charge in [0.1, 0.15) is 0 Å². The van der Waals surface area contributed by atoms with Crippen molar-refractivity contribution in [1.82, 2.24) is 5.32 Å². The molecule has 106 valence electrons. The Kier molecular flexibility index (Phi) is 5.36. The second-order valence-corrected chi connectivity index (χ2v) is 6.12. The molecule has 4 nitrogen and oxygen atoms in total. The molecule has 19 heavy (non-hydrogen) atoms. The number of ether oxygens (including phenoxy) is 1. The molecule has 0 bridgehead atoms. The summed E-state index contributed by atoms with van der Waals surface area (Å²) in [6.45, 7) is 0. The molecule has 0 aliphatic heterocycles. The van der Waals surface area contributed by atoms with E-state index in [0.29, 0.717) is 12.5 Å². The number of esters is 1. The first-order valence-electron chi connectivity index (χ1n) is 6.81. The monoisotopic (exact) mass is 282 g/mol. The average Bonchev–Trinajstić information content (AvgIpc) is 2.91. The predicted molar refractivity (Wildman–Crippen MR) is 77.1 cm³/mol. The molecule has 0 saturated heterocycles. The zero-order valence-corrected chi connectivity index (χ0v) is 12.1. The molecule has 5 heteroatoms. The van der Waals surface area contributed by atoms with E-state index < -0.39 is 0 Å². The van der Waals surface area contributed by atoms with Gasteiger partial charge in [0.15, 0.2) is 0 Å². The minimum atomic E-state index is -0.175. The van der Waals surface area contributed by atoms with Gasteiger partial charge in [-0.15, -0.1) is 11.3 Å². The van der Waals surface area contributed by atoms with E-state index in [1.54, 1.807) is 11.3 Å². The maximum atomic E-state index is 11.5. The summed E-state index contributed by atoms with van der Waals surface area (Å²) in [7, 11) is 1.43. The van der Waals surface area contributed by atoms with Crippen LogP contribution in [0.15, 0.2) is 17.5 Å². The van der Waals surface area contributed by atoms with Crippen LogP contribution in [0, 0.1) is 0 Å². The number of hydrogen-bond donors (Lipinski definition) is 2. The van der Waals surface area contributed by atoms with Gasteiger partial charge < -0.3 is 15.8 Å². The second-order valence-electron chi connectivity index (χ2n) is 5.14. The quantitative estimate of drug-likeness (QED) is 0.813. The Balaban J connectivity index is 1.99. The van der Waals surface area contributed by atoms with E-state index in [-0.39, 0.29) is 18.1 Å². The van der Waals surface area contributed by atoms with Gasteiger partial charge in [-0.05, 0) is 30.7 Å². The van der Waals surface area contributed by atoms with E-state index >= 15 is 0 Å². The number of nitrogens with two attached hydrogens (primary N) is 1. The summed E-state index contributed by atoms with van der Waals surface area (Å²) in [6, 6.07) is 4.81. The number of methoxy groups -OCH3 is 1. The highest BCUT2D eigenvalue weighted by atomic mass is 32.1.